The first-order chi connectivity index (χ1) is 10.1. The third-order valence-electron chi connectivity index (χ3n) is 3.52. The molecule has 1 aromatic carbocycles. The molecule has 1 aromatic heterocycles. The zero-order valence-electron chi connectivity index (χ0n) is 12.4. The number of benzene rings is 1. The number of morpholine rings is 1. The second-order valence-electron chi connectivity index (χ2n) is 5.42. The minimum atomic E-state index is 0.237. The van der Waals surface area contributed by atoms with Crippen LogP contribution in [0, 0.1) is 0 Å². The van der Waals surface area contributed by atoms with E-state index >= 15 is 0 Å². The summed E-state index contributed by atoms with van der Waals surface area (Å²) in [4.78, 5) is 6.90. The van der Waals surface area contributed by atoms with Crippen LogP contribution >= 0.6 is 0 Å². The Balaban J connectivity index is 1.97. The maximum Gasteiger partial charge on any atom is 0.224 e. The quantitative estimate of drug-likeness (QED) is 0.936. The number of hydrogen-bond donors (Lipinski definition) is 1. The lowest BCUT2D eigenvalue weighted by molar-refractivity contribution is 0.121. The van der Waals surface area contributed by atoms with E-state index in [0.29, 0.717) is 5.82 Å². The minimum absolute atomic E-state index is 0.237. The van der Waals surface area contributed by atoms with Crippen LogP contribution in [-0.4, -0.2) is 46.2 Å². The predicted octanol–water partition coefficient (Wildman–Crippen LogP) is 2.07. The van der Waals surface area contributed by atoms with Gasteiger partial charge in [-0.1, -0.05) is 0 Å². The van der Waals surface area contributed by atoms with Gasteiger partial charge < -0.3 is 14.7 Å². The average molecular weight is 288 g/mol. The molecule has 0 atom stereocenters. The fourth-order valence-electron chi connectivity index (χ4n) is 2.37. The average Bonchev–Trinajstić information content (AvgIpc) is 2.94. The van der Waals surface area contributed by atoms with Gasteiger partial charge in [0.1, 0.15) is 5.75 Å². The number of aromatic hydroxyl groups is 1. The summed E-state index contributed by atoms with van der Waals surface area (Å²) in [6.45, 7) is 7.30. The van der Waals surface area contributed by atoms with Crippen molar-refractivity contribution in [1.82, 2.24) is 14.8 Å². The zero-order valence-corrected chi connectivity index (χ0v) is 12.4. The number of aromatic nitrogens is 3. The highest BCUT2D eigenvalue weighted by Crippen LogP contribution is 2.25. The van der Waals surface area contributed by atoms with Gasteiger partial charge in [0.2, 0.25) is 5.95 Å². The van der Waals surface area contributed by atoms with Crippen molar-refractivity contribution < 1.29 is 9.84 Å². The van der Waals surface area contributed by atoms with E-state index < -0.39 is 0 Å². The first kappa shape index (κ1) is 13.9. The largest absolute Gasteiger partial charge is 0.508 e. The molecule has 1 saturated heterocycles. The number of anilines is 1. The number of hydrogen-bond acceptors (Lipinski definition) is 5. The molecule has 1 aliphatic rings. The molecule has 2 aromatic rings. The monoisotopic (exact) mass is 288 g/mol. The summed E-state index contributed by atoms with van der Waals surface area (Å²) in [5, 5.41) is 14.0. The third-order valence-corrected chi connectivity index (χ3v) is 3.52. The number of rotatable bonds is 3. The Morgan fingerprint density at radius 1 is 1.14 bits per heavy atom. The lowest BCUT2D eigenvalue weighted by atomic mass is 10.2. The molecule has 0 radical (unpaired) electrons. The van der Waals surface area contributed by atoms with Crippen molar-refractivity contribution in [2.75, 3.05) is 31.2 Å². The number of ether oxygens (including phenoxy) is 1. The van der Waals surface area contributed by atoms with Gasteiger partial charge in [0.15, 0.2) is 5.82 Å². The van der Waals surface area contributed by atoms with Gasteiger partial charge in [0.25, 0.3) is 0 Å². The van der Waals surface area contributed by atoms with Crippen LogP contribution in [-0.2, 0) is 4.74 Å². The lowest BCUT2D eigenvalue weighted by Gasteiger charge is -2.28. The van der Waals surface area contributed by atoms with Crippen LogP contribution in [0.15, 0.2) is 24.3 Å². The Hall–Kier alpha value is -2.08. The molecule has 1 N–H and O–H groups in total. The van der Waals surface area contributed by atoms with Crippen LogP contribution in [0.1, 0.15) is 19.9 Å². The summed E-state index contributed by atoms with van der Waals surface area (Å²) < 4.78 is 7.35. The van der Waals surface area contributed by atoms with E-state index in [1.807, 2.05) is 16.8 Å². The van der Waals surface area contributed by atoms with E-state index in [9.17, 15) is 5.11 Å². The Morgan fingerprint density at radius 3 is 2.43 bits per heavy atom. The molecule has 0 saturated carbocycles. The van der Waals surface area contributed by atoms with Crippen molar-refractivity contribution in [2.45, 2.75) is 19.9 Å². The first-order valence-electron chi connectivity index (χ1n) is 7.24. The summed E-state index contributed by atoms with van der Waals surface area (Å²) in [5.41, 5.74) is 0.904. The van der Waals surface area contributed by atoms with Crippen molar-refractivity contribution in [2.24, 2.45) is 0 Å². The van der Waals surface area contributed by atoms with Crippen LogP contribution in [0.3, 0.4) is 0 Å². The summed E-state index contributed by atoms with van der Waals surface area (Å²) >= 11 is 0. The Morgan fingerprint density at radius 2 is 1.81 bits per heavy atom. The third kappa shape index (κ3) is 2.85. The van der Waals surface area contributed by atoms with Gasteiger partial charge in [-0.05, 0) is 38.1 Å². The van der Waals surface area contributed by atoms with Gasteiger partial charge in [-0.3, -0.25) is 0 Å². The summed E-state index contributed by atoms with van der Waals surface area (Å²) in [7, 11) is 0. The molecule has 0 unspecified atom stereocenters. The zero-order chi connectivity index (χ0) is 14.8. The summed E-state index contributed by atoms with van der Waals surface area (Å²) in [6, 6.07) is 7.21. The van der Waals surface area contributed by atoms with Crippen LogP contribution in [0.4, 0.5) is 5.95 Å². The molecule has 1 fully saturated rings. The van der Waals surface area contributed by atoms with Gasteiger partial charge >= 0.3 is 0 Å². The molecule has 0 spiro atoms. The number of phenolic OH excluding ortho intramolecular Hbond substituents is 1. The molecule has 2 heterocycles. The number of phenols is 1. The first-order valence-corrected chi connectivity index (χ1v) is 7.24. The normalized spacial score (nSPS) is 15.7. The maximum atomic E-state index is 9.39. The maximum absolute atomic E-state index is 9.39. The number of nitrogens with zero attached hydrogens (tertiary/aromatic N) is 4. The van der Waals surface area contributed by atoms with Crippen LogP contribution in [0.5, 0.6) is 5.75 Å². The molecule has 6 nitrogen and oxygen atoms in total. The highest BCUT2D eigenvalue weighted by Gasteiger charge is 2.21. The SMILES string of the molecule is CC(C)n1nc(-c2ccc(O)cc2)nc1N1CCOCC1. The minimum Gasteiger partial charge on any atom is -0.508 e. The Bertz CT molecular complexity index is 601. The second kappa shape index (κ2) is 5.73. The van der Waals surface area contributed by atoms with E-state index in [1.54, 1.807) is 12.1 Å². The topological polar surface area (TPSA) is 63.4 Å². The molecule has 1 aliphatic heterocycles. The van der Waals surface area contributed by atoms with Gasteiger partial charge in [0, 0.05) is 18.7 Å². The van der Waals surface area contributed by atoms with Gasteiger partial charge in [-0.25, -0.2) is 4.68 Å². The van der Waals surface area contributed by atoms with Crippen molar-refractivity contribution in [3.05, 3.63) is 24.3 Å². The Kier molecular flexibility index (Phi) is 3.79. The van der Waals surface area contributed by atoms with Crippen LogP contribution in [0.25, 0.3) is 11.4 Å². The van der Waals surface area contributed by atoms with Crippen molar-refractivity contribution >= 4 is 5.95 Å². The van der Waals surface area contributed by atoms with E-state index in [0.717, 1.165) is 37.8 Å². The van der Waals surface area contributed by atoms with Crippen LogP contribution in [0.2, 0.25) is 0 Å². The molecule has 0 aliphatic carbocycles. The highest BCUT2D eigenvalue weighted by atomic mass is 16.5. The summed E-state index contributed by atoms with van der Waals surface area (Å²) in [5.74, 6) is 1.82. The van der Waals surface area contributed by atoms with Crippen molar-refractivity contribution in [3.63, 3.8) is 0 Å². The molecule has 0 bridgehead atoms. The van der Waals surface area contributed by atoms with Gasteiger partial charge in [-0.15, -0.1) is 5.10 Å². The molecular formula is C15H20N4O2. The predicted molar refractivity (Wildman–Crippen MR) is 80.5 cm³/mol. The molecular weight excluding hydrogens is 268 g/mol. The molecule has 112 valence electrons. The molecule has 21 heavy (non-hydrogen) atoms. The van der Waals surface area contributed by atoms with Crippen molar-refractivity contribution in [1.29, 1.82) is 0 Å². The van der Waals surface area contributed by atoms with E-state index in [1.165, 1.54) is 0 Å². The van der Waals surface area contributed by atoms with Gasteiger partial charge in [0.05, 0.1) is 19.3 Å². The fourth-order valence-corrected chi connectivity index (χ4v) is 2.37. The van der Waals surface area contributed by atoms with Crippen molar-refractivity contribution in [3.8, 4) is 17.1 Å². The molecule has 6 heteroatoms. The van der Waals surface area contributed by atoms with E-state index in [4.69, 9.17) is 9.72 Å². The van der Waals surface area contributed by atoms with Crippen LogP contribution < -0.4 is 4.90 Å². The smallest absolute Gasteiger partial charge is 0.224 e. The fraction of sp³-hybridized carbons (Fsp3) is 0.467. The lowest BCUT2D eigenvalue weighted by Crippen LogP contribution is -2.38. The molecule has 0 amide bonds. The Labute approximate surface area is 124 Å². The molecule has 3 rings (SSSR count). The standard InChI is InChI=1S/C15H20N4O2/c1-11(2)19-15(18-7-9-21-10-8-18)16-14(17-19)12-3-5-13(20)6-4-12/h3-6,11,20H,7-10H2,1-2H3. The summed E-state index contributed by atoms with van der Waals surface area (Å²) in [6.07, 6.45) is 0. The van der Waals surface area contributed by atoms with E-state index in [2.05, 4.69) is 23.8 Å². The van der Waals surface area contributed by atoms with Gasteiger partial charge in [-0.2, -0.15) is 4.98 Å². The highest BCUT2D eigenvalue weighted by molar-refractivity contribution is 5.57. The second-order valence-corrected chi connectivity index (χ2v) is 5.42. The van der Waals surface area contributed by atoms with E-state index in [-0.39, 0.29) is 11.8 Å².